The second-order valence-electron chi connectivity index (χ2n) is 5.94. The molecule has 2 heterocycles. The number of aromatic nitrogens is 3. The van der Waals surface area contributed by atoms with Crippen LogP contribution in [0.4, 0.5) is 15.9 Å². The van der Waals surface area contributed by atoms with Crippen LogP contribution >= 0.6 is 0 Å². The van der Waals surface area contributed by atoms with Crippen LogP contribution in [0.2, 0.25) is 0 Å². The lowest BCUT2D eigenvalue weighted by atomic mass is 10.2. The first kappa shape index (κ1) is 15.3. The maximum atomic E-state index is 13.2. The highest BCUT2D eigenvalue weighted by Gasteiger charge is 2.27. The fourth-order valence-electron chi connectivity index (χ4n) is 3.09. The van der Waals surface area contributed by atoms with Gasteiger partial charge in [0.25, 0.3) is 5.91 Å². The second-order valence-corrected chi connectivity index (χ2v) is 5.94. The molecule has 7 heteroatoms. The minimum atomic E-state index is -0.304. The summed E-state index contributed by atoms with van der Waals surface area (Å²) in [6.45, 7) is 0. The van der Waals surface area contributed by atoms with Gasteiger partial charge in [-0.1, -0.05) is 0 Å². The zero-order chi connectivity index (χ0) is 17.4. The topological polar surface area (TPSA) is 85.8 Å². The number of fused-ring (bicyclic) bond motifs is 1. The van der Waals surface area contributed by atoms with Crippen LogP contribution in [0.15, 0.2) is 42.6 Å². The monoisotopic (exact) mass is 337 g/mol. The maximum absolute atomic E-state index is 13.2. The molecule has 0 spiro atoms. The Morgan fingerprint density at radius 2 is 1.96 bits per heavy atom. The molecular weight excluding hydrogens is 321 g/mol. The number of nitrogens with one attached hydrogen (secondary N) is 1. The Morgan fingerprint density at radius 3 is 2.68 bits per heavy atom. The van der Waals surface area contributed by atoms with E-state index < -0.39 is 0 Å². The van der Waals surface area contributed by atoms with Crippen LogP contribution in [0.5, 0.6) is 0 Å². The molecule has 0 saturated heterocycles. The predicted molar refractivity (Wildman–Crippen MR) is 92.1 cm³/mol. The lowest BCUT2D eigenvalue weighted by Gasteiger charge is -2.05. The lowest BCUT2D eigenvalue weighted by molar-refractivity contribution is 0.102. The third-order valence-electron chi connectivity index (χ3n) is 4.26. The number of nitrogens with two attached hydrogens (primary N) is 1. The van der Waals surface area contributed by atoms with E-state index in [0.29, 0.717) is 17.2 Å². The average molecular weight is 337 g/mol. The van der Waals surface area contributed by atoms with Gasteiger partial charge in [0.05, 0.1) is 17.6 Å². The zero-order valence-corrected chi connectivity index (χ0v) is 13.4. The zero-order valence-electron chi connectivity index (χ0n) is 13.4. The SMILES string of the molecule is Nc1ccc(NC(=O)c2nn(-c3ccc(F)cc3)c3c2CCC3)cn1. The van der Waals surface area contributed by atoms with Gasteiger partial charge in [-0.3, -0.25) is 4.79 Å². The van der Waals surface area contributed by atoms with Crippen LogP contribution in [0.3, 0.4) is 0 Å². The Morgan fingerprint density at radius 1 is 1.16 bits per heavy atom. The average Bonchev–Trinajstić information content (AvgIpc) is 3.20. The first-order valence-electron chi connectivity index (χ1n) is 8.01. The summed E-state index contributed by atoms with van der Waals surface area (Å²) in [4.78, 5) is 16.6. The van der Waals surface area contributed by atoms with Crippen molar-refractivity contribution in [3.63, 3.8) is 0 Å². The molecule has 1 aliphatic rings. The van der Waals surface area contributed by atoms with Gasteiger partial charge in [-0.15, -0.1) is 0 Å². The molecule has 3 N–H and O–H groups in total. The maximum Gasteiger partial charge on any atom is 0.276 e. The van der Waals surface area contributed by atoms with Gasteiger partial charge in [0.2, 0.25) is 0 Å². The van der Waals surface area contributed by atoms with Gasteiger partial charge in [-0.2, -0.15) is 5.10 Å². The van der Waals surface area contributed by atoms with Crippen molar-refractivity contribution in [2.45, 2.75) is 19.3 Å². The molecule has 0 saturated carbocycles. The van der Waals surface area contributed by atoms with Crippen molar-refractivity contribution >= 4 is 17.4 Å². The molecule has 126 valence electrons. The molecule has 1 aliphatic carbocycles. The molecule has 25 heavy (non-hydrogen) atoms. The van der Waals surface area contributed by atoms with Crippen molar-refractivity contribution in [3.8, 4) is 5.69 Å². The number of halogens is 1. The van der Waals surface area contributed by atoms with Crippen molar-refractivity contribution in [1.29, 1.82) is 0 Å². The van der Waals surface area contributed by atoms with Crippen molar-refractivity contribution in [2.75, 3.05) is 11.1 Å². The summed E-state index contributed by atoms with van der Waals surface area (Å²) in [6.07, 6.45) is 4.12. The van der Waals surface area contributed by atoms with Crippen LogP contribution in [-0.4, -0.2) is 20.7 Å². The summed E-state index contributed by atoms with van der Waals surface area (Å²) < 4.78 is 14.9. The van der Waals surface area contributed by atoms with Gasteiger partial charge < -0.3 is 11.1 Å². The summed E-state index contributed by atoms with van der Waals surface area (Å²) in [6, 6.07) is 9.41. The van der Waals surface area contributed by atoms with E-state index in [-0.39, 0.29) is 11.7 Å². The highest BCUT2D eigenvalue weighted by Crippen LogP contribution is 2.28. The van der Waals surface area contributed by atoms with Crippen LogP contribution in [0.25, 0.3) is 5.69 Å². The first-order chi connectivity index (χ1) is 12.1. The normalized spacial score (nSPS) is 12.8. The molecule has 0 radical (unpaired) electrons. The summed E-state index contributed by atoms with van der Waals surface area (Å²) in [5.74, 6) is -0.202. The fraction of sp³-hybridized carbons (Fsp3) is 0.167. The number of hydrogen-bond acceptors (Lipinski definition) is 4. The van der Waals surface area contributed by atoms with Gasteiger partial charge in [0, 0.05) is 11.3 Å². The summed E-state index contributed by atoms with van der Waals surface area (Å²) in [7, 11) is 0. The highest BCUT2D eigenvalue weighted by molar-refractivity contribution is 6.04. The minimum absolute atomic E-state index is 0.286. The molecule has 2 aromatic heterocycles. The number of nitrogen functional groups attached to an aromatic ring is 1. The van der Waals surface area contributed by atoms with E-state index in [1.807, 2.05) is 0 Å². The molecule has 0 aliphatic heterocycles. The van der Waals surface area contributed by atoms with E-state index in [2.05, 4.69) is 15.4 Å². The molecule has 0 fully saturated rings. The first-order valence-corrected chi connectivity index (χ1v) is 8.01. The van der Waals surface area contributed by atoms with E-state index in [9.17, 15) is 9.18 Å². The number of nitrogens with zero attached hydrogens (tertiary/aromatic N) is 3. The molecule has 0 unspecified atom stereocenters. The lowest BCUT2D eigenvalue weighted by Crippen LogP contribution is -2.15. The number of hydrogen-bond donors (Lipinski definition) is 2. The highest BCUT2D eigenvalue weighted by atomic mass is 19.1. The van der Waals surface area contributed by atoms with Crippen molar-refractivity contribution in [3.05, 3.63) is 65.4 Å². The largest absolute Gasteiger partial charge is 0.384 e. The summed E-state index contributed by atoms with van der Waals surface area (Å²) in [5.41, 5.74) is 9.21. The summed E-state index contributed by atoms with van der Waals surface area (Å²) in [5, 5.41) is 7.28. The van der Waals surface area contributed by atoms with Gasteiger partial charge in [-0.05, 0) is 55.7 Å². The standard InChI is InChI=1S/C18H16FN5O/c19-11-4-7-13(8-5-11)24-15-3-1-2-14(15)17(23-24)18(25)22-12-6-9-16(20)21-10-12/h4-10H,1-3H2,(H2,20,21)(H,22,25). The van der Waals surface area contributed by atoms with E-state index in [4.69, 9.17) is 5.73 Å². The van der Waals surface area contributed by atoms with Crippen molar-refractivity contribution in [2.24, 2.45) is 0 Å². The Kier molecular flexibility index (Phi) is 3.68. The number of carbonyl (C=O) groups is 1. The predicted octanol–water partition coefficient (Wildman–Crippen LogP) is 2.73. The van der Waals surface area contributed by atoms with Gasteiger partial charge >= 0.3 is 0 Å². The molecule has 0 bridgehead atoms. The van der Waals surface area contributed by atoms with Crippen LogP contribution in [0, 0.1) is 5.82 Å². The number of carbonyl (C=O) groups excluding carboxylic acids is 1. The molecule has 3 aromatic rings. The fourth-order valence-corrected chi connectivity index (χ4v) is 3.09. The number of benzene rings is 1. The summed E-state index contributed by atoms with van der Waals surface area (Å²) >= 11 is 0. The Hall–Kier alpha value is -3.22. The van der Waals surface area contributed by atoms with Crippen LogP contribution in [0.1, 0.15) is 28.2 Å². The minimum Gasteiger partial charge on any atom is -0.384 e. The van der Waals surface area contributed by atoms with Gasteiger partial charge in [-0.25, -0.2) is 14.1 Å². The third kappa shape index (κ3) is 2.84. The van der Waals surface area contributed by atoms with E-state index in [1.54, 1.807) is 28.9 Å². The third-order valence-corrected chi connectivity index (χ3v) is 4.26. The van der Waals surface area contributed by atoms with Crippen LogP contribution < -0.4 is 11.1 Å². The number of rotatable bonds is 3. The second kappa shape index (κ2) is 6.01. The molecule has 1 aromatic carbocycles. The number of anilines is 2. The molecule has 0 atom stereocenters. The molecule has 6 nitrogen and oxygen atoms in total. The van der Waals surface area contributed by atoms with E-state index in [0.717, 1.165) is 36.2 Å². The number of amides is 1. The Balaban J connectivity index is 1.68. The molecule has 4 rings (SSSR count). The Labute approximate surface area is 143 Å². The molecule has 1 amide bonds. The smallest absolute Gasteiger partial charge is 0.276 e. The number of pyridine rings is 1. The van der Waals surface area contributed by atoms with E-state index >= 15 is 0 Å². The Bertz CT molecular complexity index is 931. The quantitative estimate of drug-likeness (QED) is 0.769. The molecular formula is C18H16FN5O. The van der Waals surface area contributed by atoms with E-state index in [1.165, 1.54) is 18.3 Å². The van der Waals surface area contributed by atoms with Gasteiger partial charge in [0.1, 0.15) is 11.6 Å². The van der Waals surface area contributed by atoms with Crippen molar-refractivity contribution in [1.82, 2.24) is 14.8 Å². The van der Waals surface area contributed by atoms with Gasteiger partial charge in [0.15, 0.2) is 5.69 Å². The van der Waals surface area contributed by atoms with Crippen molar-refractivity contribution < 1.29 is 9.18 Å². The van der Waals surface area contributed by atoms with Crippen LogP contribution in [-0.2, 0) is 12.8 Å².